The molecule has 146 valence electrons. The molecule has 0 bridgehead atoms. The van der Waals surface area contributed by atoms with Gasteiger partial charge >= 0.3 is 12.1 Å². The lowest BCUT2D eigenvalue weighted by atomic mass is 10.2. The van der Waals surface area contributed by atoms with E-state index >= 15 is 0 Å². The fraction of sp³-hybridized carbons (Fsp3) is 0.200. The average molecular weight is 407 g/mol. The van der Waals surface area contributed by atoms with E-state index in [2.05, 4.69) is 20.6 Å². The van der Waals surface area contributed by atoms with E-state index < -0.39 is 12.1 Å². The quantitative estimate of drug-likeness (QED) is 0.564. The van der Waals surface area contributed by atoms with Crippen LogP contribution in [0.15, 0.2) is 36.8 Å². The molecule has 0 aliphatic carbocycles. The number of halogens is 4. The van der Waals surface area contributed by atoms with Crippen molar-refractivity contribution in [2.45, 2.75) is 6.18 Å². The van der Waals surface area contributed by atoms with Crippen molar-refractivity contribution in [3.05, 3.63) is 53.1 Å². The molecule has 1 aromatic heterocycles. The molecule has 2 aromatic rings. The van der Waals surface area contributed by atoms with Crippen LogP contribution in [-0.4, -0.2) is 52.1 Å². The number of imidazole rings is 1. The third-order valence-corrected chi connectivity index (χ3v) is 3.13. The fourth-order valence-corrected chi connectivity index (χ4v) is 1.79. The minimum atomic E-state index is -5.08. The average Bonchev–Trinajstić information content (AvgIpc) is 3.13. The number of aromatic amines is 1. The number of alkyl halides is 3. The topological polar surface area (TPSA) is 124 Å². The molecule has 0 saturated carbocycles. The first-order valence-electron chi connectivity index (χ1n) is 7.22. The van der Waals surface area contributed by atoms with Crippen LogP contribution in [0.4, 0.5) is 13.2 Å². The van der Waals surface area contributed by atoms with Gasteiger partial charge in [0.15, 0.2) is 0 Å². The second-order valence-electron chi connectivity index (χ2n) is 4.76. The summed E-state index contributed by atoms with van der Waals surface area (Å²) in [5.41, 5.74) is 0.788. The normalized spacial score (nSPS) is 10.4. The van der Waals surface area contributed by atoms with Gasteiger partial charge in [-0.05, 0) is 12.1 Å². The zero-order chi connectivity index (χ0) is 20.4. The summed E-state index contributed by atoms with van der Waals surface area (Å²) in [7, 11) is 0. The number of carbonyl (C=O) groups excluding carboxylic acids is 2. The number of aliphatic carboxylic acids is 1. The van der Waals surface area contributed by atoms with E-state index in [0.717, 1.165) is 0 Å². The lowest BCUT2D eigenvalue weighted by Crippen LogP contribution is -2.34. The first-order valence-corrected chi connectivity index (χ1v) is 7.60. The smallest absolute Gasteiger partial charge is 0.475 e. The highest BCUT2D eigenvalue weighted by molar-refractivity contribution is 6.33. The fourth-order valence-electron chi connectivity index (χ4n) is 1.57. The third kappa shape index (κ3) is 7.77. The SMILES string of the molecule is O=C(NCCNC(=O)c1ccccc1Cl)c1cnc[nH]1.O=C(O)C(F)(F)F. The van der Waals surface area contributed by atoms with E-state index in [0.29, 0.717) is 29.4 Å². The van der Waals surface area contributed by atoms with Gasteiger partial charge in [0.2, 0.25) is 0 Å². The van der Waals surface area contributed by atoms with E-state index in [9.17, 15) is 22.8 Å². The van der Waals surface area contributed by atoms with Gasteiger partial charge in [0.1, 0.15) is 5.69 Å². The van der Waals surface area contributed by atoms with Gasteiger partial charge in [0, 0.05) is 13.1 Å². The van der Waals surface area contributed by atoms with Crippen LogP contribution in [0.2, 0.25) is 5.02 Å². The molecule has 0 unspecified atom stereocenters. The lowest BCUT2D eigenvalue weighted by molar-refractivity contribution is -0.192. The minimum Gasteiger partial charge on any atom is -0.475 e. The Balaban J connectivity index is 0.000000445. The van der Waals surface area contributed by atoms with Gasteiger partial charge in [0.05, 0.1) is 23.1 Å². The Morgan fingerprint density at radius 1 is 1.11 bits per heavy atom. The summed E-state index contributed by atoms with van der Waals surface area (Å²) in [5, 5.41) is 12.8. The molecule has 8 nitrogen and oxygen atoms in total. The molecule has 0 fully saturated rings. The van der Waals surface area contributed by atoms with Gasteiger partial charge in [-0.25, -0.2) is 9.78 Å². The summed E-state index contributed by atoms with van der Waals surface area (Å²) in [4.78, 5) is 38.7. The highest BCUT2D eigenvalue weighted by atomic mass is 35.5. The molecule has 27 heavy (non-hydrogen) atoms. The summed E-state index contributed by atoms with van der Waals surface area (Å²) in [6.45, 7) is 0.623. The van der Waals surface area contributed by atoms with Gasteiger partial charge in [-0.3, -0.25) is 9.59 Å². The number of H-pyrrole nitrogens is 1. The van der Waals surface area contributed by atoms with Crippen molar-refractivity contribution in [1.29, 1.82) is 0 Å². The monoisotopic (exact) mass is 406 g/mol. The Labute approximate surface area is 155 Å². The molecule has 2 amide bonds. The van der Waals surface area contributed by atoms with Crippen LogP contribution in [0.5, 0.6) is 0 Å². The third-order valence-electron chi connectivity index (χ3n) is 2.80. The number of rotatable bonds is 5. The summed E-state index contributed by atoms with van der Waals surface area (Å²) in [6, 6.07) is 6.78. The molecular weight excluding hydrogens is 393 g/mol. The van der Waals surface area contributed by atoms with Crippen LogP contribution in [0, 0.1) is 0 Å². The lowest BCUT2D eigenvalue weighted by Gasteiger charge is -2.07. The highest BCUT2D eigenvalue weighted by Crippen LogP contribution is 2.14. The maximum Gasteiger partial charge on any atom is 0.490 e. The molecule has 1 heterocycles. The summed E-state index contributed by atoms with van der Waals surface area (Å²) in [5.74, 6) is -3.30. The number of nitrogens with one attached hydrogen (secondary N) is 3. The Hall–Kier alpha value is -3.08. The van der Waals surface area contributed by atoms with Crippen molar-refractivity contribution >= 4 is 29.4 Å². The molecule has 4 N–H and O–H groups in total. The van der Waals surface area contributed by atoms with E-state index in [1.807, 2.05) is 0 Å². The van der Waals surface area contributed by atoms with Gasteiger partial charge in [-0.2, -0.15) is 13.2 Å². The molecule has 2 rings (SSSR count). The Kier molecular flexibility index (Phi) is 8.27. The van der Waals surface area contributed by atoms with E-state index in [-0.39, 0.29) is 11.8 Å². The van der Waals surface area contributed by atoms with Crippen LogP contribution in [0.3, 0.4) is 0 Å². The first-order chi connectivity index (χ1) is 12.6. The Morgan fingerprint density at radius 2 is 1.67 bits per heavy atom. The Bertz CT molecular complexity index is 782. The number of amides is 2. The summed E-state index contributed by atoms with van der Waals surface area (Å²) in [6.07, 6.45) is -2.23. The predicted molar refractivity (Wildman–Crippen MR) is 88.4 cm³/mol. The van der Waals surface area contributed by atoms with Crippen molar-refractivity contribution in [2.24, 2.45) is 0 Å². The molecule has 0 atom stereocenters. The predicted octanol–water partition coefficient (Wildman–Crippen LogP) is 1.86. The number of hydrogen-bond acceptors (Lipinski definition) is 4. The zero-order valence-corrected chi connectivity index (χ0v) is 14.3. The van der Waals surface area contributed by atoms with Crippen molar-refractivity contribution < 1.29 is 32.7 Å². The van der Waals surface area contributed by atoms with E-state index in [4.69, 9.17) is 21.5 Å². The second-order valence-corrected chi connectivity index (χ2v) is 5.17. The van der Waals surface area contributed by atoms with Crippen LogP contribution in [0.1, 0.15) is 20.8 Å². The number of hydrogen-bond donors (Lipinski definition) is 4. The van der Waals surface area contributed by atoms with Crippen molar-refractivity contribution in [2.75, 3.05) is 13.1 Å². The second kappa shape index (κ2) is 10.2. The van der Waals surface area contributed by atoms with Crippen molar-refractivity contribution in [3.8, 4) is 0 Å². The number of nitrogens with zero attached hydrogens (tertiary/aromatic N) is 1. The standard InChI is InChI=1S/C13H13ClN4O2.C2HF3O2/c14-10-4-2-1-3-9(10)12(19)16-5-6-17-13(20)11-7-15-8-18-11;3-2(4,5)1(6)7/h1-4,7-8H,5-6H2,(H,15,18)(H,16,19)(H,17,20);(H,6,7). The van der Waals surface area contributed by atoms with Crippen LogP contribution in [0.25, 0.3) is 0 Å². The number of carboxylic acid groups (broad SMARTS) is 1. The van der Waals surface area contributed by atoms with Gasteiger partial charge in [-0.15, -0.1) is 0 Å². The number of benzene rings is 1. The summed E-state index contributed by atoms with van der Waals surface area (Å²) >= 11 is 5.91. The molecule has 0 radical (unpaired) electrons. The minimum absolute atomic E-state index is 0.269. The maximum absolute atomic E-state index is 11.8. The largest absolute Gasteiger partial charge is 0.490 e. The number of carboxylic acids is 1. The zero-order valence-electron chi connectivity index (χ0n) is 13.5. The van der Waals surface area contributed by atoms with Gasteiger partial charge in [-0.1, -0.05) is 23.7 Å². The number of aromatic nitrogens is 2. The molecule has 12 heteroatoms. The first kappa shape index (κ1) is 22.0. The number of carbonyl (C=O) groups is 3. The van der Waals surface area contributed by atoms with Crippen molar-refractivity contribution in [3.63, 3.8) is 0 Å². The van der Waals surface area contributed by atoms with Crippen molar-refractivity contribution in [1.82, 2.24) is 20.6 Å². The van der Waals surface area contributed by atoms with E-state index in [1.54, 1.807) is 24.3 Å². The van der Waals surface area contributed by atoms with Crippen LogP contribution in [-0.2, 0) is 4.79 Å². The Morgan fingerprint density at radius 3 is 2.15 bits per heavy atom. The maximum atomic E-state index is 11.8. The van der Waals surface area contributed by atoms with Crippen LogP contribution < -0.4 is 10.6 Å². The van der Waals surface area contributed by atoms with Gasteiger partial charge in [0.25, 0.3) is 11.8 Å². The molecule has 0 aliphatic rings. The molecular formula is C15H14ClF3N4O4. The molecule has 0 spiro atoms. The van der Waals surface area contributed by atoms with Gasteiger partial charge < -0.3 is 20.7 Å². The highest BCUT2D eigenvalue weighted by Gasteiger charge is 2.38. The summed E-state index contributed by atoms with van der Waals surface area (Å²) < 4.78 is 31.7. The molecule has 1 aromatic carbocycles. The molecule has 0 saturated heterocycles. The van der Waals surface area contributed by atoms with Crippen LogP contribution >= 0.6 is 11.6 Å². The molecule has 0 aliphatic heterocycles. The van der Waals surface area contributed by atoms with E-state index in [1.165, 1.54) is 12.5 Å².